The summed E-state index contributed by atoms with van der Waals surface area (Å²) in [6, 6.07) is 1.43. The van der Waals surface area contributed by atoms with E-state index in [-0.39, 0.29) is 5.02 Å². The highest BCUT2D eigenvalue weighted by atomic mass is 35.5. The zero-order chi connectivity index (χ0) is 11.8. The van der Waals surface area contributed by atoms with Crippen molar-refractivity contribution < 1.29 is 22.2 Å². The summed E-state index contributed by atoms with van der Waals surface area (Å²) >= 11 is 10.9. The molecular weight excluding hydrogens is 270 g/mol. The van der Waals surface area contributed by atoms with Crippen molar-refractivity contribution in [2.75, 3.05) is 0 Å². The molecular formula is C7H3Cl2FO4S. The van der Waals surface area contributed by atoms with Gasteiger partial charge in [-0.05, 0) is 12.1 Å². The maximum atomic E-state index is 12.6. The van der Waals surface area contributed by atoms with Crippen LogP contribution < -0.4 is 0 Å². The van der Waals surface area contributed by atoms with Crippen LogP contribution in [0.5, 0.6) is 0 Å². The number of benzene rings is 1. The third-order valence-electron chi connectivity index (χ3n) is 1.51. The molecule has 0 bridgehead atoms. The van der Waals surface area contributed by atoms with Gasteiger partial charge in [0.2, 0.25) is 0 Å². The van der Waals surface area contributed by atoms with Gasteiger partial charge in [-0.1, -0.05) is 23.2 Å². The number of hydrogen-bond acceptors (Lipinski definition) is 3. The molecule has 15 heavy (non-hydrogen) atoms. The Morgan fingerprint density at radius 3 is 2.20 bits per heavy atom. The van der Waals surface area contributed by atoms with Crippen LogP contribution in [0.15, 0.2) is 17.0 Å². The fraction of sp³-hybridized carbons (Fsp3) is 0. The van der Waals surface area contributed by atoms with Gasteiger partial charge in [0.25, 0.3) is 0 Å². The SMILES string of the molecule is O=C(O)c1cc(S(=O)(=O)F)c(Cl)cc1Cl. The molecule has 0 saturated heterocycles. The van der Waals surface area contributed by atoms with E-state index >= 15 is 0 Å². The van der Waals surface area contributed by atoms with E-state index in [1.54, 1.807) is 0 Å². The fourth-order valence-electron chi connectivity index (χ4n) is 0.880. The maximum absolute atomic E-state index is 12.6. The summed E-state index contributed by atoms with van der Waals surface area (Å²) in [6.07, 6.45) is 0. The van der Waals surface area contributed by atoms with Gasteiger partial charge >= 0.3 is 16.2 Å². The van der Waals surface area contributed by atoms with Crippen molar-refractivity contribution in [1.82, 2.24) is 0 Å². The smallest absolute Gasteiger partial charge is 0.337 e. The van der Waals surface area contributed by atoms with Gasteiger partial charge in [-0.3, -0.25) is 0 Å². The molecule has 0 fully saturated rings. The lowest BCUT2D eigenvalue weighted by atomic mass is 10.2. The summed E-state index contributed by atoms with van der Waals surface area (Å²) in [6.45, 7) is 0. The van der Waals surface area contributed by atoms with Crippen LogP contribution in [-0.2, 0) is 10.2 Å². The van der Waals surface area contributed by atoms with Crippen LogP contribution >= 0.6 is 23.2 Å². The average molecular weight is 273 g/mol. The predicted molar refractivity (Wildman–Crippen MR) is 51.7 cm³/mol. The van der Waals surface area contributed by atoms with Crippen LogP contribution in [0, 0.1) is 0 Å². The van der Waals surface area contributed by atoms with Crippen molar-refractivity contribution in [2.45, 2.75) is 4.90 Å². The second kappa shape index (κ2) is 3.96. The van der Waals surface area contributed by atoms with Crippen molar-refractivity contribution in [3.8, 4) is 0 Å². The van der Waals surface area contributed by atoms with Gasteiger partial charge in [-0.15, -0.1) is 3.89 Å². The van der Waals surface area contributed by atoms with Crippen LogP contribution in [0.25, 0.3) is 0 Å². The molecule has 0 spiro atoms. The molecule has 0 aliphatic carbocycles. The first kappa shape index (κ1) is 12.2. The average Bonchev–Trinajstić information content (AvgIpc) is 2.00. The molecule has 0 heterocycles. The van der Waals surface area contributed by atoms with Crippen LogP contribution in [0.3, 0.4) is 0 Å². The van der Waals surface area contributed by atoms with Crippen LogP contribution in [-0.4, -0.2) is 19.5 Å². The number of rotatable bonds is 2. The molecule has 1 aromatic carbocycles. The first-order valence-electron chi connectivity index (χ1n) is 3.40. The Balaban J connectivity index is 3.58. The van der Waals surface area contributed by atoms with Gasteiger partial charge in [0.1, 0.15) is 4.90 Å². The summed E-state index contributed by atoms with van der Waals surface area (Å²) in [5.74, 6) is -1.47. The maximum Gasteiger partial charge on any atom is 0.337 e. The first-order chi connectivity index (χ1) is 6.73. The summed E-state index contributed by atoms with van der Waals surface area (Å²) in [5.41, 5.74) is -0.530. The van der Waals surface area contributed by atoms with Crippen molar-refractivity contribution in [2.24, 2.45) is 0 Å². The predicted octanol–water partition coefficient (Wildman–Crippen LogP) is 2.35. The highest BCUT2D eigenvalue weighted by Crippen LogP contribution is 2.29. The largest absolute Gasteiger partial charge is 0.478 e. The molecule has 0 aliphatic heterocycles. The Hall–Kier alpha value is -0.850. The van der Waals surface area contributed by atoms with Crippen molar-refractivity contribution in [3.63, 3.8) is 0 Å². The van der Waals surface area contributed by atoms with E-state index < -0.39 is 31.7 Å². The second-order valence-electron chi connectivity index (χ2n) is 2.51. The Kier molecular flexibility index (Phi) is 3.22. The van der Waals surface area contributed by atoms with Gasteiger partial charge in [0.05, 0.1) is 15.6 Å². The van der Waals surface area contributed by atoms with Crippen molar-refractivity contribution in [1.29, 1.82) is 0 Å². The van der Waals surface area contributed by atoms with Crippen molar-refractivity contribution in [3.05, 3.63) is 27.7 Å². The lowest BCUT2D eigenvalue weighted by molar-refractivity contribution is 0.0697. The van der Waals surface area contributed by atoms with Gasteiger partial charge in [-0.2, -0.15) is 8.42 Å². The summed E-state index contributed by atoms with van der Waals surface area (Å²) in [5, 5.41) is 7.87. The highest BCUT2D eigenvalue weighted by molar-refractivity contribution is 7.86. The lowest BCUT2D eigenvalue weighted by Crippen LogP contribution is -2.01. The molecule has 1 rings (SSSR count). The van der Waals surface area contributed by atoms with Gasteiger partial charge in [-0.25, -0.2) is 4.79 Å². The van der Waals surface area contributed by atoms with E-state index in [1.807, 2.05) is 0 Å². The second-order valence-corrected chi connectivity index (χ2v) is 4.64. The van der Waals surface area contributed by atoms with Crippen LogP contribution in [0.1, 0.15) is 10.4 Å². The number of carbonyl (C=O) groups is 1. The fourth-order valence-corrected chi connectivity index (χ4v) is 2.17. The standard InChI is InChI=1S/C7H3Cl2FO4S/c8-4-2-5(9)6(15(10,13)14)1-3(4)7(11)12/h1-2H,(H,11,12). The third-order valence-corrected chi connectivity index (χ3v) is 3.12. The molecule has 0 saturated carbocycles. The Labute approximate surface area is 94.4 Å². The zero-order valence-corrected chi connectivity index (χ0v) is 9.20. The van der Waals surface area contributed by atoms with Crippen LogP contribution in [0.4, 0.5) is 3.89 Å². The monoisotopic (exact) mass is 272 g/mol. The number of halogens is 3. The topological polar surface area (TPSA) is 71.4 Å². The number of carboxylic acid groups (broad SMARTS) is 1. The molecule has 1 N–H and O–H groups in total. The molecule has 1 aromatic rings. The third kappa shape index (κ3) is 2.58. The van der Waals surface area contributed by atoms with E-state index in [0.29, 0.717) is 6.07 Å². The normalized spacial score (nSPS) is 11.4. The minimum Gasteiger partial charge on any atom is -0.478 e. The first-order valence-corrected chi connectivity index (χ1v) is 5.54. The molecule has 0 radical (unpaired) electrons. The quantitative estimate of drug-likeness (QED) is 0.839. The Morgan fingerprint density at radius 1 is 1.27 bits per heavy atom. The van der Waals surface area contributed by atoms with E-state index in [4.69, 9.17) is 28.3 Å². The van der Waals surface area contributed by atoms with Gasteiger partial charge in [0.15, 0.2) is 0 Å². The Bertz CT molecular complexity index is 526. The number of aromatic carboxylic acids is 1. The molecule has 0 amide bonds. The molecule has 8 heteroatoms. The lowest BCUT2D eigenvalue weighted by Gasteiger charge is -2.03. The zero-order valence-electron chi connectivity index (χ0n) is 6.87. The summed E-state index contributed by atoms with van der Waals surface area (Å²) in [4.78, 5) is 9.66. The van der Waals surface area contributed by atoms with Gasteiger partial charge < -0.3 is 5.11 Å². The number of hydrogen-bond donors (Lipinski definition) is 1. The molecule has 82 valence electrons. The van der Waals surface area contributed by atoms with E-state index in [1.165, 1.54) is 0 Å². The van der Waals surface area contributed by atoms with Crippen LogP contribution in [0.2, 0.25) is 10.0 Å². The van der Waals surface area contributed by atoms with Gasteiger partial charge in [0, 0.05) is 0 Å². The van der Waals surface area contributed by atoms with Crippen molar-refractivity contribution >= 4 is 39.4 Å². The minimum atomic E-state index is -5.06. The summed E-state index contributed by atoms with van der Waals surface area (Å²) in [7, 11) is -5.06. The van der Waals surface area contributed by atoms with E-state index in [2.05, 4.69) is 0 Å². The summed E-state index contributed by atoms with van der Waals surface area (Å²) < 4.78 is 33.7. The molecule has 0 aliphatic rings. The minimum absolute atomic E-state index is 0.264. The Morgan fingerprint density at radius 2 is 1.80 bits per heavy atom. The number of carboxylic acids is 1. The molecule has 0 atom stereocenters. The highest BCUT2D eigenvalue weighted by Gasteiger charge is 2.21. The molecule has 0 aromatic heterocycles. The van der Waals surface area contributed by atoms with E-state index in [9.17, 15) is 17.1 Å². The molecule has 0 unspecified atom stereocenters. The molecule has 4 nitrogen and oxygen atoms in total. The van der Waals surface area contributed by atoms with E-state index in [0.717, 1.165) is 6.07 Å².